The van der Waals surface area contributed by atoms with Crippen molar-refractivity contribution in [1.82, 2.24) is 4.90 Å². The first-order valence-electron chi connectivity index (χ1n) is 3.65. The van der Waals surface area contributed by atoms with Crippen LogP contribution in [0.25, 0.3) is 0 Å². The quantitative estimate of drug-likeness (QED) is 0.482. The van der Waals surface area contributed by atoms with Gasteiger partial charge >= 0.3 is 0 Å². The topological polar surface area (TPSA) is 12.5 Å². The van der Waals surface area contributed by atoms with E-state index in [2.05, 4.69) is 28.1 Å². The van der Waals surface area contributed by atoms with Crippen LogP contribution in [0.5, 0.6) is 0 Å². The number of ether oxygens (including phenoxy) is 1. The van der Waals surface area contributed by atoms with Gasteiger partial charge in [0.05, 0.1) is 13.2 Å². The van der Waals surface area contributed by atoms with Crippen molar-refractivity contribution in [3.63, 3.8) is 0 Å². The summed E-state index contributed by atoms with van der Waals surface area (Å²) in [6.45, 7) is 6.11. The highest BCUT2D eigenvalue weighted by atomic mass is 31.0. The first-order chi connectivity index (χ1) is 4.60. The van der Waals surface area contributed by atoms with Crippen LogP contribution in [0.2, 0.25) is 0 Å². The summed E-state index contributed by atoms with van der Waals surface area (Å²) in [7, 11) is 4.99. The molecule has 60 valence electrons. The van der Waals surface area contributed by atoms with E-state index in [9.17, 15) is 0 Å². The van der Waals surface area contributed by atoms with Gasteiger partial charge in [-0.25, -0.2) is 0 Å². The summed E-state index contributed by atoms with van der Waals surface area (Å²) in [5.41, 5.74) is 0. The van der Waals surface area contributed by atoms with Gasteiger partial charge in [0.1, 0.15) is 0 Å². The molecular formula is C7H16NOP. The normalized spacial score (nSPS) is 37.5. The predicted molar refractivity (Wildman–Crippen MR) is 46.4 cm³/mol. The van der Waals surface area contributed by atoms with E-state index in [1.165, 1.54) is 0 Å². The number of hydrogen-bond acceptors (Lipinski definition) is 2. The van der Waals surface area contributed by atoms with E-state index in [1.54, 1.807) is 0 Å². The summed E-state index contributed by atoms with van der Waals surface area (Å²) < 4.78 is 5.42. The highest BCUT2D eigenvalue weighted by Crippen LogP contribution is 2.20. The van der Waals surface area contributed by atoms with Gasteiger partial charge in [-0.2, -0.15) is 0 Å². The Morgan fingerprint density at radius 1 is 1.60 bits per heavy atom. The Labute approximate surface area is 65.1 Å². The Hall–Kier alpha value is 0.350. The van der Waals surface area contributed by atoms with Crippen molar-refractivity contribution in [1.29, 1.82) is 0 Å². The molecule has 1 aliphatic rings. The van der Waals surface area contributed by atoms with Crippen LogP contribution in [0.1, 0.15) is 6.92 Å². The fourth-order valence-corrected chi connectivity index (χ4v) is 1.70. The van der Waals surface area contributed by atoms with Crippen LogP contribution in [-0.4, -0.2) is 43.4 Å². The molecule has 0 amide bonds. The number of nitrogens with zero attached hydrogens (tertiary/aromatic N) is 1. The summed E-state index contributed by atoms with van der Waals surface area (Å²) in [5.74, 6) is 0. The average Bonchev–Trinajstić information content (AvgIpc) is 1.90. The second-order valence-corrected chi connectivity index (χ2v) is 4.84. The van der Waals surface area contributed by atoms with Gasteiger partial charge in [-0.05, 0) is 7.05 Å². The van der Waals surface area contributed by atoms with Crippen molar-refractivity contribution in [2.75, 3.05) is 33.4 Å². The lowest BCUT2D eigenvalue weighted by atomic mass is 10.2. The molecule has 1 rings (SSSR count). The Balaban J connectivity index is 2.46. The molecule has 1 heterocycles. The van der Waals surface area contributed by atoms with Crippen LogP contribution in [0.15, 0.2) is 0 Å². The number of hydrogen-bond donors (Lipinski definition) is 0. The third-order valence-corrected chi connectivity index (χ3v) is 2.03. The maximum Gasteiger partial charge on any atom is 0.0593 e. The lowest BCUT2D eigenvalue weighted by Gasteiger charge is -2.24. The molecule has 0 aliphatic carbocycles. The van der Waals surface area contributed by atoms with Crippen LogP contribution in [0.3, 0.4) is 0 Å². The molecule has 1 fully saturated rings. The largest absolute Gasteiger partial charge is 0.379 e. The van der Waals surface area contributed by atoms with E-state index in [1.807, 2.05) is 0 Å². The number of rotatable bonds is 0. The van der Waals surface area contributed by atoms with E-state index >= 15 is 0 Å². The van der Waals surface area contributed by atoms with Crippen LogP contribution >= 0.6 is 9.24 Å². The zero-order valence-electron chi connectivity index (χ0n) is 6.76. The first kappa shape index (κ1) is 8.45. The molecular weight excluding hydrogens is 145 g/mol. The minimum Gasteiger partial charge on any atom is -0.379 e. The molecule has 1 saturated heterocycles. The maximum absolute atomic E-state index is 5.42. The molecule has 0 aromatic carbocycles. The van der Waals surface area contributed by atoms with Crippen molar-refractivity contribution < 1.29 is 4.74 Å². The van der Waals surface area contributed by atoms with Gasteiger partial charge in [0.2, 0.25) is 0 Å². The van der Waals surface area contributed by atoms with E-state index < -0.39 is 0 Å². The summed E-state index contributed by atoms with van der Waals surface area (Å²) in [4.78, 5) is 2.31. The lowest BCUT2D eigenvalue weighted by Crippen LogP contribution is -2.34. The van der Waals surface area contributed by atoms with Crippen LogP contribution in [0, 0.1) is 0 Å². The fourth-order valence-electron chi connectivity index (χ4n) is 1.27. The highest BCUT2D eigenvalue weighted by Gasteiger charge is 2.23. The van der Waals surface area contributed by atoms with Gasteiger partial charge in [0, 0.05) is 18.2 Å². The van der Waals surface area contributed by atoms with Crippen molar-refractivity contribution in [2.45, 2.75) is 12.1 Å². The molecule has 0 aromatic heterocycles. The van der Waals surface area contributed by atoms with Gasteiger partial charge in [0.15, 0.2) is 0 Å². The Kier molecular flexibility index (Phi) is 2.67. The molecule has 0 spiro atoms. The number of likely N-dealkylation sites (N-methyl/N-ethyl adjacent to an activating group) is 1. The zero-order chi connectivity index (χ0) is 7.61. The molecule has 2 nitrogen and oxygen atoms in total. The first-order valence-corrected chi connectivity index (χ1v) is 4.23. The zero-order valence-corrected chi connectivity index (χ0v) is 7.92. The van der Waals surface area contributed by atoms with Gasteiger partial charge in [-0.15, -0.1) is 9.24 Å². The van der Waals surface area contributed by atoms with E-state index in [0.717, 1.165) is 26.3 Å². The minimum atomic E-state index is 0.255. The maximum atomic E-state index is 5.42. The summed E-state index contributed by atoms with van der Waals surface area (Å²) in [6, 6.07) is 0. The second kappa shape index (κ2) is 3.17. The smallest absolute Gasteiger partial charge is 0.0593 e. The van der Waals surface area contributed by atoms with Crippen LogP contribution in [0.4, 0.5) is 0 Å². The molecule has 1 aliphatic heterocycles. The minimum absolute atomic E-state index is 0.255. The third kappa shape index (κ3) is 2.53. The molecule has 2 atom stereocenters. The molecule has 2 unspecified atom stereocenters. The summed E-state index contributed by atoms with van der Waals surface area (Å²) in [5, 5.41) is 0.255. The molecule has 0 N–H and O–H groups in total. The Bertz CT molecular complexity index is 116. The monoisotopic (exact) mass is 161 g/mol. The fraction of sp³-hybridized carbons (Fsp3) is 1.00. The second-order valence-electron chi connectivity index (χ2n) is 3.44. The van der Waals surface area contributed by atoms with Crippen molar-refractivity contribution >= 4 is 9.24 Å². The average molecular weight is 161 g/mol. The third-order valence-electron chi connectivity index (χ3n) is 1.68. The van der Waals surface area contributed by atoms with Gasteiger partial charge in [0.25, 0.3) is 0 Å². The van der Waals surface area contributed by atoms with Gasteiger partial charge in [-0.3, -0.25) is 0 Å². The Morgan fingerprint density at radius 2 is 2.30 bits per heavy atom. The highest BCUT2D eigenvalue weighted by molar-refractivity contribution is 7.19. The Morgan fingerprint density at radius 3 is 3.00 bits per heavy atom. The van der Waals surface area contributed by atoms with Gasteiger partial charge in [-0.1, -0.05) is 6.92 Å². The predicted octanol–water partition coefficient (Wildman–Crippen LogP) is 0.582. The van der Waals surface area contributed by atoms with Crippen molar-refractivity contribution in [3.05, 3.63) is 0 Å². The van der Waals surface area contributed by atoms with Crippen molar-refractivity contribution in [2.24, 2.45) is 0 Å². The summed E-state index contributed by atoms with van der Waals surface area (Å²) in [6.07, 6.45) is 0. The lowest BCUT2D eigenvalue weighted by molar-refractivity contribution is 0.134. The standard InChI is InChI=1S/C7H16NOP/c1-7(10)5-8(2)3-4-9-6-7/h3-6,10H2,1-2H3. The van der Waals surface area contributed by atoms with Crippen LogP contribution < -0.4 is 0 Å². The van der Waals surface area contributed by atoms with Gasteiger partial charge < -0.3 is 9.64 Å². The SMILES string of the molecule is CN1CCOCC(C)(P)C1. The van der Waals surface area contributed by atoms with E-state index in [0.29, 0.717) is 0 Å². The molecule has 10 heavy (non-hydrogen) atoms. The van der Waals surface area contributed by atoms with E-state index in [-0.39, 0.29) is 5.16 Å². The summed E-state index contributed by atoms with van der Waals surface area (Å²) >= 11 is 0. The van der Waals surface area contributed by atoms with Crippen LogP contribution in [-0.2, 0) is 4.74 Å². The molecule has 3 heteroatoms. The molecule has 0 radical (unpaired) electrons. The molecule has 0 saturated carbocycles. The van der Waals surface area contributed by atoms with E-state index in [4.69, 9.17) is 4.74 Å². The molecule has 0 aromatic rings. The molecule has 0 bridgehead atoms. The van der Waals surface area contributed by atoms with Crippen molar-refractivity contribution in [3.8, 4) is 0 Å².